The normalized spacial score (nSPS) is 15.5. The third-order valence-electron chi connectivity index (χ3n) is 3.49. The quantitative estimate of drug-likeness (QED) is 0.763. The number of hydrogen-bond donors (Lipinski definition) is 1. The van der Waals surface area contributed by atoms with E-state index in [1.54, 1.807) is 0 Å². The van der Waals surface area contributed by atoms with Crippen LogP contribution in [0.1, 0.15) is 37.3 Å². The minimum Gasteiger partial charge on any atom is -0.399 e. The lowest BCUT2D eigenvalue weighted by atomic mass is 10.1. The third kappa shape index (κ3) is 3.74. The van der Waals surface area contributed by atoms with Crippen LogP contribution in [0.15, 0.2) is 18.2 Å². The minimum atomic E-state index is 0.901. The van der Waals surface area contributed by atoms with Crippen LogP contribution in [0.2, 0.25) is 0 Å². The number of anilines is 1. The van der Waals surface area contributed by atoms with Gasteiger partial charge in [0.1, 0.15) is 0 Å². The Balaban J connectivity index is 1.97. The van der Waals surface area contributed by atoms with Crippen molar-refractivity contribution >= 4 is 5.69 Å². The van der Waals surface area contributed by atoms with Crippen molar-refractivity contribution in [3.63, 3.8) is 0 Å². The highest BCUT2D eigenvalue weighted by Crippen LogP contribution is 2.30. The van der Waals surface area contributed by atoms with Gasteiger partial charge < -0.3 is 5.73 Å². The zero-order valence-electron chi connectivity index (χ0n) is 11.1. The van der Waals surface area contributed by atoms with Crippen molar-refractivity contribution in [2.75, 3.05) is 18.8 Å². The fraction of sp³-hybridized carbons (Fsp3) is 0.600. The predicted octanol–water partition coefficient (Wildman–Crippen LogP) is 3.20. The summed E-state index contributed by atoms with van der Waals surface area (Å²) in [5, 5.41) is 0. The Hall–Kier alpha value is -1.02. The van der Waals surface area contributed by atoms with Gasteiger partial charge in [0.25, 0.3) is 0 Å². The summed E-state index contributed by atoms with van der Waals surface area (Å²) in [4.78, 5) is 2.59. The van der Waals surface area contributed by atoms with Crippen LogP contribution in [-0.2, 0) is 6.54 Å². The second kappa shape index (κ2) is 5.54. The second-order valence-corrected chi connectivity index (χ2v) is 5.37. The van der Waals surface area contributed by atoms with Crippen LogP contribution < -0.4 is 5.73 Å². The number of nitrogen functional groups attached to an aromatic ring is 1. The summed E-state index contributed by atoms with van der Waals surface area (Å²) >= 11 is 0. The summed E-state index contributed by atoms with van der Waals surface area (Å²) in [6.45, 7) is 7.90. The Morgan fingerprint density at radius 1 is 1.35 bits per heavy atom. The Morgan fingerprint density at radius 3 is 2.71 bits per heavy atom. The molecule has 1 aliphatic rings. The molecule has 0 spiro atoms. The molecule has 1 aromatic rings. The van der Waals surface area contributed by atoms with E-state index in [2.05, 4.69) is 30.9 Å². The van der Waals surface area contributed by atoms with E-state index in [4.69, 9.17) is 5.73 Å². The van der Waals surface area contributed by atoms with Gasteiger partial charge in [-0.1, -0.05) is 19.1 Å². The van der Waals surface area contributed by atoms with Crippen molar-refractivity contribution in [1.29, 1.82) is 0 Å². The van der Waals surface area contributed by atoms with Gasteiger partial charge in [0, 0.05) is 18.8 Å². The maximum absolute atomic E-state index is 5.86. The second-order valence-electron chi connectivity index (χ2n) is 5.37. The number of hydrogen-bond acceptors (Lipinski definition) is 2. The highest BCUT2D eigenvalue weighted by molar-refractivity contribution is 5.47. The molecule has 1 aliphatic carbocycles. The molecule has 2 rings (SSSR count). The fourth-order valence-electron chi connectivity index (χ4n) is 2.31. The molecule has 0 saturated heterocycles. The molecular weight excluding hydrogens is 208 g/mol. The van der Waals surface area contributed by atoms with Gasteiger partial charge in [-0.3, -0.25) is 4.90 Å². The molecule has 0 aromatic heterocycles. The lowest BCUT2D eigenvalue weighted by Crippen LogP contribution is -2.26. The van der Waals surface area contributed by atoms with E-state index in [9.17, 15) is 0 Å². The molecule has 0 aliphatic heterocycles. The first-order valence-electron chi connectivity index (χ1n) is 6.76. The van der Waals surface area contributed by atoms with Gasteiger partial charge in [-0.05, 0) is 55.8 Å². The van der Waals surface area contributed by atoms with Crippen LogP contribution in [0, 0.1) is 12.8 Å². The summed E-state index contributed by atoms with van der Waals surface area (Å²) in [5.41, 5.74) is 9.35. The summed E-state index contributed by atoms with van der Waals surface area (Å²) < 4.78 is 0. The van der Waals surface area contributed by atoms with Gasteiger partial charge in [0.15, 0.2) is 0 Å². The number of nitrogens with two attached hydrogens (primary N) is 1. The van der Waals surface area contributed by atoms with E-state index < -0.39 is 0 Å². The van der Waals surface area contributed by atoms with Crippen LogP contribution in [-0.4, -0.2) is 18.0 Å². The van der Waals surface area contributed by atoms with E-state index in [1.165, 1.54) is 43.5 Å². The van der Waals surface area contributed by atoms with Crippen molar-refractivity contribution in [3.05, 3.63) is 29.3 Å². The van der Waals surface area contributed by atoms with Crippen molar-refractivity contribution in [1.82, 2.24) is 4.90 Å². The molecule has 1 fully saturated rings. The van der Waals surface area contributed by atoms with Gasteiger partial charge in [0.2, 0.25) is 0 Å². The number of nitrogens with zero attached hydrogens (tertiary/aromatic N) is 1. The Bertz CT molecular complexity index is 369. The summed E-state index contributed by atoms with van der Waals surface area (Å²) in [5.74, 6) is 0.969. The van der Waals surface area contributed by atoms with Gasteiger partial charge in [0.05, 0.1) is 0 Å². The maximum Gasteiger partial charge on any atom is 0.0343 e. The third-order valence-corrected chi connectivity index (χ3v) is 3.49. The lowest BCUT2D eigenvalue weighted by Gasteiger charge is -2.22. The summed E-state index contributed by atoms with van der Waals surface area (Å²) in [6.07, 6.45) is 4.10. The van der Waals surface area contributed by atoms with E-state index in [0.717, 1.165) is 18.2 Å². The lowest BCUT2D eigenvalue weighted by molar-refractivity contribution is 0.255. The van der Waals surface area contributed by atoms with Gasteiger partial charge in [-0.2, -0.15) is 0 Å². The molecule has 0 radical (unpaired) electrons. The predicted molar refractivity (Wildman–Crippen MR) is 73.9 cm³/mol. The zero-order chi connectivity index (χ0) is 12.3. The van der Waals surface area contributed by atoms with Crippen molar-refractivity contribution < 1.29 is 0 Å². The van der Waals surface area contributed by atoms with Gasteiger partial charge >= 0.3 is 0 Å². The molecule has 2 nitrogen and oxygen atoms in total. The van der Waals surface area contributed by atoms with Crippen molar-refractivity contribution in [3.8, 4) is 0 Å². The number of aryl methyl sites for hydroxylation is 1. The topological polar surface area (TPSA) is 29.3 Å². The summed E-state index contributed by atoms with van der Waals surface area (Å²) in [6, 6.07) is 6.43. The minimum absolute atomic E-state index is 0.901. The molecule has 94 valence electrons. The van der Waals surface area contributed by atoms with Crippen LogP contribution in [0.5, 0.6) is 0 Å². The SMILES string of the molecule is CCCN(Cc1ccc(N)c(C)c1)CC1CC1. The van der Waals surface area contributed by atoms with Crippen molar-refractivity contribution in [2.24, 2.45) is 5.92 Å². The Morgan fingerprint density at radius 2 is 2.12 bits per heavy atom. The monoisotopic (exact) mass is 232 g/mol. The van der Waals surface area contributed by atoms with Gasteiger partial charge in [-0.25, -0.2) is 0 Å². The smallest absolute Gasteiger partial charge is 0.0343 e. The largest absolute Gasteiger partial charge is 0.399 e. The average molecular weight is 232 g/mol. The van der Waals surface area contributed by atoms with Crippen LogP contribution in [0.4, 0.5) is 5.69 Å². The molecule has 2 N–H and O–H groups in total. The average Bonchev–Trinajstić information content (AvgIpc) is 3.08. The number of benzene rings is 1. The highest BCUT2D eigenvalue weighted by atomic mass is 15.1. The first kappa shape index (κ1) is 12.4. The standard InChI is InChI=1S/C15H24N2/c1-3-8-17(10-13-4-5-13)11-14-6-7-15(16)12(2)9-14/h6-7,9,13H,3-5,8,10-11,16H2,1-2H3. The molecule has 0 amide bonds. The van der Waals surface area contributed by atoms with E-state index in [1.807, 2.05) is 6.07 Å². The van der Waals surface area contributed by atoms with Crippen LogP contribution in [0.3, 0.4) is 0 Å². The Labute approximate surface area is 105 Å². The molecule has 17 heavy (non-hydrogen) atoms. The van der Waals surface area contributed by atoms with E-state index >= 15 is 0 Å². The van der Waals surface area contributed by atoms with Gasteiger partial charge in [-0.15, -0.1) is 0 Å². The molecule has 2 heteroatoms. The molecule has 0 heterocycles. The van der Waals surface area contributed by atoms with Crippen LogP contribution in [0.25, 0.3) is 0 Å². The first-order chi connectivity index (χ1) is 8.19. The zero-order valence-corrected chi connectivity index (χ0v) is 11.1. The van der Waals surface area contributed by atoms with Crippen molar-refractivity contribution in [2.45, 2.75) is 39.7 Å². The first-order valence-corrected chi connectivity index (χ1v) is 6.76. The summed E-state index contributed by atoms with van der Waals surface area (Å²) in [7, 11) is 0. The van der Waals surface area contributed by atoms with E-state index in [-0.39, 0.29) is 0 Å². The molecule has 1 aromatic carbocycles. The highest BCUT2D eigenvalue weighted by Gasteiger charge is 2.23. The fourth-order valence-corrected chi connectivity index (χ4v) is 2.31. The molecular formula is C15H24N2. The van der Waals surface area contributed by atoms with E-state index in [0.29, 0.717) is 0 Å². The maximum atomic E-state index is 5.86. The Kier molecular flexibility index (Phi) is 4.06. The molecule has 1 saturated carbocycles. The number of rotatable bonds is 6. The molecule has 0 atom stereocenters. The molecule has 0 bridgehead atoms. The molecule has 0 unspecified atom stereocenters. The van der Waals surface area contributed by atoms with Crippen LogP contribution >= 0.6 is 0 Å².